The third-order valence-electron chi connectivity index (χ3n) is 4.19. The molecular weight excluding hydrogens is 294 g/mol. The van der Waals surface area contributed by atoms with Crippen molar-refractivity contribution in [3.05, 3.63) is 35.0 Å². The van der Waals surface area contributed by atoms with Crippen molar-refractivity contribution in [3.8, 4) is 17.4 Å². The Hall–Kier alpha value is -2.28. The Morgan fingerprint density at radius 3 is 2.74 bits per heavy atom. The van der Waals surface area contributed by atoms with Crippen LogP contribution in [0.1, 0.15) is 19.8 Å². The molecule has 0 N–H and O–H groups in total. The van der Waals surface area contributed by atoms with E-state index in [1.54, 1.807) is 19.3 Å². The van der Waals surface area contributed by atoms with Crippen LogP contribution in [0.25, 0.3) is 11.4 Å². The molecule has 1 saturated heterocycles. The zero-order chi connectivity index (χ0) is 16.2. The van der Waals surface area contributed by atoms with Crippen LogP contribution in [-0.2, 0) is 7.05 Å². The second kappa shape index (κ2) is 6.87. The van der Waals surface area contributed by atoms with Crippen molar-refractivity contribution >= 4 is 0 Å². The highest BCUT2D eigenvalue weighted by atomic mass is 16.5. The molecule has 3 rings (SSSR count). The second-order valence-electron chi connectivity index (χ2n) is 5.67. The van der Waals surface area contributed by atoms with Crippen molar-refractivity contribution in [2.75, 3.05) is 19.6 Å². The van der Waals surface area contributed by atoms with Crippen LogP contribution in [-0.4, -0.2) is 50.2 Å². The number of hydrogen-bond donors (Lipinski definition) is 0. The fourth-order valence-electron chi connectivity index (χ4n) is 2.69. The molecule has 3 heterocycles. The first-order chi connectivity index (χ1) is 11.2. The van der Waals surface area contributed by atoms with Crippen molar-refractivity contribution in [2.24, 2.45) is 7.05 Å². The van der Waals surface area contributed by atoms with E-state index in [0.29, 0.717) is 17.4 Å². The van der Waals surface area contributed by atoms with Crippen molar-refractivity contribution in [1.29, 1.82) is 0 Å². The van der Waals surface area contributed by atoms with Gasteiger partial charge in [0, 0.05) is 32.4 Å². The minimum absolute atomic E-state index is 0.0940. The van der Waals surface area contributed by atoms with E-state index in [4.69, 9.17) is 4.74 Å². The van der Waals surface area contributed by atoms with E-state index in [0.717, 1.165) is 32.5 Å². The van der Waals surface area contributed by atoms with Crippen molar-refractivity contribution < 1.29 is 4.74 Å². The summed E-state index contributed by atoms with van der Waals surface area (Å²) in [7, 11) is 1.68. The van der Waals surface area contributed by atoms with E-state index < -0.39 is 0 Å². The summed E-state index contributed by atoms with van der Waals surface area (Å²) in [6, 6.07) is 3.54. The summed E-state index contributed by atoms with van der Waals surface area (Å²) in [5.41, 5.74) is 0.967. The number of rotatable bonds is 4. The molecule has 0 unspecified atom stereocenters. The van der Waals surface area contributed by atoms with E-state index in [1.165, 1.54) is 17.0 Å². The summed E-state index contributed by atoms with van der Waals surface area (Å²) < 4.78 is 7.45. The Balaban J connectivity index is 1.82. The van der Waals surface area contributed by atoms with Crippen LogP contribution in [0.15, 0.2) is 29.5 Å². The Morgan fingerprint density at radius 2 is 2.09 bits per heavy atom. The Morgan fingerprint density at radius 1 is 1.30 bits per heavy atom. The van der Waals surface area contributed by atoms with Gasteiger partial charge < -0.3 is 9.64 Å². The van der Waals surface area contributed by atoms with Crippen molar-refractivity contribution in [1.82, 2.24) is 24.4 Å². The Kier molecular flexibility index (Phi) is 4.66. The number of nitrogens with zero attached hydrogens (tertiary/aromatic N) is 5. The molecule has 2 aromatic heterocycles. The largest absolute Gasteiger partial charge is 0.461 e. The van der Waals surface area contributed by atoms with Gasteiger partial charge in [-0.15, -0.1) is 0 Å². The fraction of sp³-hybridized carbons (Fsp3) is 0.500. The number of piperidine rings is 1. The van der Waals surface area contributed by atoms with E-state index in [2.05, 4.69) is 26.8 Å². The van der Waals surface area contributed by atoms with Gasteiger partial charge in [0.15, 0.2) is 0 Å². The molecule has 1 aliphatic rings. The molecule has 0 spiro atoms. The average Bonchev–Trinajstić information content (AvgIpc) is 2.60. The van der Waals surface area contributed by atoms with Crippen LogP contribution >= 0.6 is 0 Å². The monoisotopic (exact) mass is 315 g/mol. The van der Waals surface area contributed by atoms with Crippen LogP contribution in [0.4, 0.5) is 0 Å². The van der Waals surface area contributed by atoms with Gasteiger partial charge in [-0.2, -0.15) is 4.98 Å². The number of aromatic nitrogens is 4. The van der Waals surface area contributed by atoms with E-state index in [-0.39, 0.29) is 11.7 Å². The van der Waals surface area contributed by atoms with Gasteiger partial charge >= 0.3 is 0 Å². The molecule has 0 saturated carbocycles. The molecule has 0 aliphatic carbocycles. The zero-order valence-corrected chi connectivity index (χ0v) is 13.5. The average molecular weight is 315 g/mol. The first-order valence-electron chi connectivity index (χ1n) is 7.91. The summed E-state index contributed by atoms with van der Waals surface area (Å²) in [6.45, 7) is 5.26. The van der Waals surface area contributed by atoms with E-state index >= 15 is 0 Å². The van der Waals surface area contributed by atoms with Crippen molar-refractivity contribution in [3.63, 3.8) is 0 Å². The molecule has 1 fully saturated rings. The highest BCUT2D eigenvalue weighted by molar-refractivity contribution is 5.52. The van der Waals surface area contributed by atoms with Gasteiger partial charge in [-0.3, -0.25) is 9.36 Å². The summed E-state index contributed by atoms with van der Waals surface area (Å²) in [6.07, 6.45) is 5.05. The third-order valence-corrected chi connectivity index (χ3v) is 4.19. The van der Waals surface area contributed by atoms with Gasteiger partial charge in [0.05, 0.1) is 11.4 Å². The molecule has 23 heavy (non-hydrogen) atoms. The fourth-order valence-corrected chi connectivity index (χ4v) is 2.69. The number of ether oxygens (including phenoxy) is 1. The van der Waals surface area contributed by atoms with Crippen LogP contribution < -0.4 is 10.3 Å². The van der Waals surface area contributed by atoms with Crippen LogP contribution in [0.3, 0.4) is 0 Å². The SMILES string of the molecule is CCN1CCC(Oc2nc(-c3ccncn3)cc(=O)n2C)CC1. The maximum atomic E-state index is 12.2. The highest BCUT2D eigenvalue weighted by Crippen LogP contribution is 2.19. The van der Waals surface area contributed by atoms with Crippen LogP contribution in [0, 0.1) is 0 Å². The van der Waals surface area contributed by atoms with Crippen LogP contribution in [0.5, 0.6) is 6.01 Å². The van der Waals surface area contributed by atoms with Gasteiger partial charge in [-0.1, -0.05) is 6.92 Å². The maximum Gasteiger partial charge on any atom is 0.299 e. The van der Waals surface area contributed by atoms with Gasteiger partial charge in [0.25, 0.3) is 11.6 Å². The normalized spacial score (nSPS) is 16.4. The predicted molar refractivity (Wildman–Crippen MR) is 86.3 cm³/mol. The molecule has 7 heteroatoms. The first kappa shape index (κ1) is 15.6. The van der Waals surface area contributed by atoms with Gasteiger partial charge in [-0.25, -0.2) is 9.97 Å². The first-order valence-corrected chi connectivity index (χ1v) is 7.91. The molecule has 0 amide bonds. The molecule has 0 atom stereocenters. The highest BCUT2D eigenvalue weighted by Gasteiger charge is 2.21. The lowest BCUT2D eigenvalue weighted by Crippen LogP contribution is -2.38. The van der Waals surface area contributed by atoms with Crippen LogP contribution in [0.2, 0.25) is 0 Å². The smallest absolute Gasteiger partial charge is 0.299 e. The molecule has 0 bridgehead atoms. The van der Waals surface area contributed by atoms with Gasteiger partial charge in [-0.05, 0) is 25.5 Å². The molecular formula is C16H21N5O2. The van der Waals surface area contributed by atoms with Gasteiger partial charge in [0.2, 0.25) is 0 Å². The molecule has 0 radical (unpaired) electrons. The molecule has 1 aliphatic heterocycles. The predicted octanol–water partition coefficient (Wildman–Crippen LogP) is 1.10. The van der Waals surface area contributed by atoms with Gasteiger partial charge in [0.1, 0.15) is 12.4 Å². The Bertz CT molecular complexity index is 708. The van der Waals surface area contributed by atoms with Crippen molar-refractivity contribution in [2.45, 2.75) is 25.9 Å². The summed E-state index contributed by atoms with van der Waals surface area (Å²) in [4.78, 5) is 27.1. The summed E-state index contributed by atoms with van der Waals surface area (Å²) in [5.74, 6) is 0. The summed E-state index contributed by atoms with van der Waals surface area (Å²) >= 11 is 0. The minimum atomic E-state index is -0.158. The molecule has 7 nitrogen and oxygen atoms in total. The second-order valence-corrected chi connectivity index (χ2v) is 5.67. The lowest BCUT2D eigenvalue weighted by molar-refractivity contribution is 0.0915. The molecule has 2 aromatic rings. The minimum Gasteiger partial charge on any atom is -0.461 e. The van der Waals surface area contributed by atoms with E-state index in [1.807, 2.05) is 0 Å². The molecule has 122 valence electrons. The standard InChI is InChI=1S/C16H21N5O2/c1-3-21-8-5-12(6-9-21)23-16-19-14(10-15(22)20(16)2)13-4-7-17-11-18-13/h4,7,10-12H,3,5-6,8-9H2,1-2H3. The number of hydrogen-bond acceptors (Lipinski definition) is 6. The van der Waals surface area contributed by atoms with E-state index in [9.17, 15) is 4.79 Å². The quantitative estimate of drug-likeness (QED) is 0.841. The topological polar surface area (TPSA) is 73.1 Å². The lowest BCUT2D eigenvalue weighted by Gasteiger charge is -2.31. The Labute approximate surface area is 135 Å². The maximum absolute atomic E-state index is 12.2. The lowest BCUT2D eigenvalue weighted by atomic mass is 10.1. The molecule has 0 aromatic carbocycles. The number of likely N-dealkylation sites (tertiary alicyclic amines) is 1. The third kappa shape index (κ3) is 3.56. The summed E-state index contributed by atoms with van der Waals surface area (Å²) in [5, 5.41) is 0. The zero-order valence-electron chi connectivity index (χ0n) is 13.5.